The van der Waals surface area contributed by atoms with Gasteiger partial charge in [-0.05, 0) is 53.4 Å². The Labute approximate surface area is 171 Å². The van der Waals surface area contributed by atoms with E-state index in [4.69, 9.17) is 9.47 Å². The van der Waals surface area contributed by atoms with Crippen molar-refractivity contribution in [1.82, 2.24) is 14.9 Å². The van der Waals surface area contributed by atoms with Crippen LogP contribution in [0.25, 0.3) is 0 Å². The van der Waals surface area contributed by atoms with Gasteiger partial charge in [-0.1, -0.05) is 0 Å². The molecule has 1 amide bonds. The molecule has 1 aliphatic carbocycles. The summed E-state index contributed by atoms with van der Waals surface area (Å²) in [5.41, 5.74) is -1.27. The minimum Gasteiger partial charge on any atom is -0.466 e. The summed E-state index contributed by atoms with van der Waals surface area (Å²) in [6.07, 6.45) is 0.544. The van der Waals surface area contributed by atoms with Crippen molar-refractivity contribution in [3.05, 3.63) is 0 Å². The summed E-state index contributed by atoms with van der Waals surface area (Å²) in [5, 5.41) is 3.46. The van der Waals surface area contributed by atoms with E-state index in [9.17, 15) is 18.4 Å². The zero-order chi connectivity index (χ0) is 21.8. The van der Waals surface area contributed by atoms with Crippen LogP contribution in [0.15, 0.2) is 0 Å². The first kappa shape index (κ1) is 22.2. The van der Waals surface area contributed by atoms with Gasteiger partial charge in [-0.3, -0.25) is 9.69 Å². The molecule has 1 saturated carbocycles. The molecular formula is C20H33F2N3O4. The Hall–Kier alpha value is -1.48. The molecule has 0 bridgehead atoms. The fraction of sp³-hybridized carbons (Fsp3) is 0.900. The van der Waals surface area contributed by atoms with Crippen LogP contribution in [0.2, 0.25) is 0 Å². The summed E-state index contributed by atoms with van der Waals surface area (Å²) in [6, 6.07) is -1.70. The van der Waals surface area contributed by atoms with Crippen molar-refractivity contribution in [3.63, 3.8) is 0 Å². The van der Waals surface area contributed by atoms with Gasteiger partial charge < -0.3 is 9.47 Å². The second kappa shape index (κ2) is 7.34. The maximum Gasteiger partial charge on any atom is 0.410 e. The largest absolute Gasteiger partial charge is 0.466 e. The van der Waals surface area contributed by atoms with Crippen LogP contribution in [0.1, 0.15) is 47.5 Å². The van der Waals surface area contributed by atoms with Crippen LogP contribution in [-0.4, -0.2) is 83.9 Å². The van der Waals surface area contributed by atoms with Crippen LogP contribution in [0, 0.1) is 11.3 Å². The van der Waals surface area contributed by atoms with E-state index in [1.54, 1.807) is 44.8 Å². The number of halogens is 2. The van der Waals surface area contributed by atoms with Crippen molar-refractivity contribution < 1.29 is 27.8 Å². The predicted octanol–water partition coefficient (Wildman–Crippen LogP) is 2.75. The summed E-state index contributed by atoms with van der Waals surface area (Å²) in [5.74, 6) is -3.11. The molecule has 29 heavy (non-hydrogen) atoms. The van der Waals surface area contributed by atoms with Gasteiger partial charge in [0.1, 0.15) is 11.6 Å². The maximum absolute atomic E-state index is 14.9. The number of hydrogen-bond acceptors (Lipinski definition) is 6. The van der Waals surface area contributed by atoms with Gasteiger partial charge in [-0.25, -0.2) is 23.6 Å². The molecular weight excluding hydrogens is 384 g/mol. The van der Waals surface area contributed by atoms with Crippen LogP contribution in [0.4, 0.5) is 13.6 Å². The zero-order valence-corrected chi connectivity index (χ0v) is 18.2. The number of rotatable bonds is 4. The fourth-order valence-corrected chi connectivity index (χ4v) is 4.95. The van der Waals surface area contributed by atoms with E-state index in [-0.39, 0.29) is 11.9 Å². The SMILES string of the molecule is CCOC(=O)C1(C)CC(CN2[C@H]3[C@@H](CN2C)N(C(=O)OC(C)(C)C)CC3(F)F)C1. The molecule has 0 radical (unpaired) electrons. The van der Waals surface area contributed by atoms with Crippen LogP contribution in [0.3, 0.4) is 0 Å². The minimum absolute atomic E-state index is 0.136. The lowest BCUT2D eigenvalue weighted by Gasteiger charge is -2.46. The Balaban J connectivity index is 1.67. The quantitative estimate of drug-likeness (QED) is 0.656. The number of fused-ring (bicyclic) bond motifs is 1. The highest BCUT2D eigenvalue weighted by molar-refractivity contribution is 5.77. The molecule has 3 rings (SSSR count). The fourth-order valence-electron chi connectivity index (χ4n) is 4.95. The summed E-state index contributed by atoms with van der Waals surface area (Å²) in [4.78, 5) is 25.8. The van der Waals surface area contributed by atoms with Crippen molar-refractivity contribution in [2.45, 2.75) is 71.1 Å². The number of carbonyl (C=O) groups excluding carboxylic acids is 2. The van der Waals surface area contributed by atoms with E-state index in [0.29, 0.717) is 32.5 Å². The van der Waals surface area contributed by atoms with E-state index in [2.05, 4.69) is 0 Å². The number of hydrogen-bond donors (Lipinski definition) is 0. The monoisotopic (exact) mass is 417 g/mol. The molecule has 0 unspecified atom stereocenters. The highest BCUT2D eigenvalue weighted by Gasteiger charge is 2.63. The Kier molecular flexibility index (Phi) is 5.62. The van der Waals surface area contributed by atoms with Crippen molar-refractivity contribution in [2.75, 3.05) is 33.3 Å². The molecule has 2 atom stereocenters. The summed E-state index contributed by atoms with van der Waals surface area (Å²) >= 11 is 0. The van der Waals surface area contributed by atoms with Crippen molar-refractivity contribution in [3.8, 4) is 0 Å². The number of amides is 1. The van der Waals surface area contributed by atoms with Crippen molar-refractivity contribution in [1.29, 1.82) is 0 Å². The summed E-state index contributed by atoms with van der Waals surface area (Å²) < 4.78 is 40.3. The number of carbonyl (C=O) groups is 2. The normalized spacial score (nSPS) is 34.6. The van der Waals surface area contributed by atoms with Gasteiger partial charge in [0, 0.05) is 20.1 Å². The molecule has 0 aromatic heterocycles. The second-order valence-corrected chi connectivity index (χ2v) is 9.90. The van der Waals surface area contributed by atoms with Crippen LogP contribution >= 0.6 is 0 Å². The Bertz CT molecular complexity index is 661. The molecule has 3 fully saturated rings. The molecule has 0 aromatic rings. The molecule has 2 aliphatic heterocycles. The standard InChI is InChI=1S/C20H33F2N3O4/c1-7-28-16(26)19(5)8-13(9-19)10-25-15-14(11-23(25)6)24(12-20(15,21)22)17(27)29-18(2,3)4/h13-15H,7-12H2,1-6H3/t13?,14-,15+,19?/m1/s1. The average Bonchev–Trinajstić information content (AvgIpc) is 2.99. The summed E-state index contributed by atoms with van der Waals surface area (Å²) in [6.45, 7) is 9.28. The molecule has 0 spiro atoms. The van der Waals surface area contributed by atoms with Crippen LogP contribution < -0.4 is 0 Å². The Morgan fingerprint density at radius 2 is 1.83 bits per heavy atom. The van der Waals surface area contributed by atoms with E-state index in [0.717, 1.165) is 0 Å². The second-order valence-electron chi connectivity index (χ2n) is 9.90. The van der Waals surface area contributed by atoms with E-state index >= 15 is 0 Å². The van der Waals surface area contributed by atoms with Gasteiger partial charge in [-0.15, -0.1) is 0 Å². The zero-order valence-electron chi connectivity index (χ0n) is 18.2. The van der Waals surface area contributed by atoms with Gasteiger partial charge in [0.25, 0.3) is 5.92 Å². The highest BCUT2D eigenvalue weighted by atomic mass is 19.3. The highest BCUT2D eigenvalue weighted by Crippen LogP contribution is 2.49. The third-order valence-corrected chi connectivity index (χ3v) is 6.11. The molecule has 9 heteroatoms. The Morgan fingerprint density at radius 1 is 1.21 bits per heavy atom. The van der Waals surface area contributed by atoms with Crippen LogP contribution in [-0.2, 0) is 14.3 Å². The van der Waals surface area contributed by atoms with Crippen LogP contribution in [0.5, 0.6) is 0 Å². The first-order valence-corrected chi connectivity index (χ1v) is 10.3. The van der Waals surface area contributed by atoms with E-state index in [1.807, 2.05) is 6.92 Å². The van der Waals surface area contributed by atoms with Crippen molar-refractivity contribution >= 4 is 12.1 Å². The molecule has 2 saturated heterocycles. The third-order valence-electron chi connectivity index (χ3n) is 6.11. The van der Waals surface area contributed by atoms with Gasteiger partial charge in [0.15, 0.2) is 0 Å². The smallest absolute Gasteiger partial charge is 0.410 e. The molecule has 0 N–H and O–H groups in total. The number of ether oxygens (including phenoxy) is 2. The molecule has 166 valence electrons. The lowest BCUT2D eigenvalue weighted by atomic mass is 9.63. The summed E-state index contributed by atoms with van der Waals surface area (Å²) in [7, 11) is 1.77. The molecule has 7 nitrogen and oxygen atoms in total. The van der Waals surface area contributed by atoms with Crippen molar-refractivity contribution in [2.24, 2.45) is 11.3 Å². The number of esters is 1. The molecule has 3 aliphatic rings. The topological polar surface area (TPSA) is 62.3 Å². The number of likely N-dealkylation sites (tertiary alicyclic amines) is 1. The number of likely N-dealkylation sites (N-methyl/N-ethyl adjacent to an activating group) is 1. The van der Waals surface area contributed by atoms with E-state index < -0.39 is 41.7 Å². The Morgan fingerprint density at radius 3 is 2.38 bits per heavy atom. The van der Waals surface area contributed by atoms with Gasteiger partial charge in [-0.2, -0.15) is 0 Å². The van der Waals surface area contributed by atoms with E-state index in [1.165, 1.54) is 4.90 Å². The first-order chi connectivity index (χ1) is 13.3. The lowest BCUT2D eigenvalue weighted by molar-refractivity contribution is -0.166. The predicted molar refractivity (Wildman–Crippen MR) is 102 cm³/mol. The third kappa shape index (κ3) is 4.21. The number of alkyl halides is 2. The van der Waals surface area contributed by atoms with Gasteiger partial charge >= 0.3 is 12.1 Å². The molecule has 0 aromatic carbocycles. The lowest BCUT2D eigenvalue weighted by Crippen LogP contribution is -2.54. The first-order valence-electron chi connectivity index (χ1n) is 10.3. The number of hydrazine groups is 1. The minimum atomic E-state index is -3.03. The number of nitrogens with zero attached hydrogens (tertiary/aromatic N) is 3. The van der Waals surface area contributed by atoms with Gasteiger partial charge in [0.2, 0.25) is 0 Å². The maximum atomic E-state index is 14.9. The average molecular weight is 417 g/mol. The molecule has 2 heterocycles. The van der Waals surface area contributed by atoms with Gasteiger partial charge in [0.05, 0.1) is 24.6 Å².